The van der Waals surface area contributed by atoms with Crippen LogP contribution >= 0.6 is 0 Å². The molecule has 0 heterocycles. The van der Waals surface area contributed by atoms with Crippen LogP contribution in [0.25, 0.3) is 0 Å². The van der Waals surface area contributed by atoms with Gasteiger partial charge in [0.05, 0.1) is 18.6 Å². The molecule has 0 aromatic rings. The summed E-state index contributed by atoms with van der Waals surface area (Å²) in [6.07, 6.45) is 6.12. The Morgan fingerprint density at radius 1 is 1.29 bits per heavy atom. The van der Waals surface area contributed by atoms with E-state index in [2.05, 4.69) is 17.9 Å². The first-order chi connectivity index (χ1) is 8.26. The molecule has 0 N–H and O–H groups in total. The fraction of sp³-hybridized carbons (Fsp3) is 0.929. The molecule has 3 heteroatoms. The van der Waals surface area contributed by atoms with Gasteiger partial charge in [-0.1, -0.05) is 6.92 Å². The first-order valence-corrected chi connectivity index (χ1v) is 6.90. The Kier molecular flexibility index (Phi) is 4.42. The Labute approximate surface area is 105 Å². The Hall–Kier alpha value is -0.590. The lowest BCUT2D eigenvalue weighted by atomic mass is 9.79. The topological polar surface area (TPSA) is 36.3 Å². The molecule has 2 rings (SSSR count). The van der Waals surface area contributed by atoms with Crippen LogP contribution in [0.15, 0.2) is 0 Å². The first kappa shape index (κ1) is 12.9. The van der Waals surface area contributed by atoms with Crippen molar-refractivity contribution < 1.29 is 4.74 Å². The van der Waals surface area contributed by atoms with E-state index in [4.69, 9.17) is 4.74 Å². The molecule has 0 saturated heterocycles. The first-order valence-electron chi connectivity index (χ1n) is 6.90. The van der Waals surface area contributed by atoms with Crippen LogP contribution in [0, 0.1) is 23.2 Å². The molecule has 0 bridgehead atoms. The van der Waals surface area contributed by atoms with Crippen molar-refractivity contribution in [1.82, 2.24) is 4.90 Å². The third kappa shape index (κ3) is 3.20. The summed E-state index contributed by atoms with van der Waals surface area (Å²) in [5, 5.41) is 9.32. The van der Waals surface area contributed by atoms with Crippen molar-refractivity contribution in [3.63, 3.8) is 0 Å². The summed E-state index contributed by atoms with van der Waals surface area (Å²) in [7, 11) is 1.76. The Bertz CT molecular complexity index is 282. The second-order valence-corrected chi connectivity index (χ2v) is 5.68. The molecule has 2 saturated carbocycles. The zero-order valence-electron chi connectivity index (χ0n) is 11.1. The van der Waals surface area contributed by atoms with Gasteiger partial charge in [-0.05, 0) is 38.0 Å². The zero-order valence-corrected chi connectivity index (χ0v) is 11.1. The molecular weight excluding hydrogens is 212 g/mol. The molecule has 0 aromatic carbocycles. The van der Waals surface area contributed by atoms with Crippen LogP contribution in [-0.4, -0.2) is 37.2 Å². The zero-order chi connectivity index (χ0) is 12.3. The van der Waals surface area contributed by atoms with Gasteiger partial charge in [-0.2, -0.15) is 5.26 Å². The van der Waals surface area contributed by atoms with Gasteiger partial charge in [0.1, 0.15) is 0 Å². The number of nitrogens with zero attached hydrogens (tertiary/aromatic N) is 2. The fourth-order valence-electron chi connectivity index (χ4n) is 3.09. The van der Waals surface area contributed by atoms with Crippen LogP contribution < -0.4 is 0 Å². The molecular formula is C14H24N2O. The van der Waals surface area contributed by atoms with Crippen molar-refractivity contribution in [3.8, 4) is 6.07 Å². The van der Waals surface area contributed by atoms with Gasteiger partial charge in [0, 0.05) is 25.7 Å². The van der Waals surface area contributed by atoms with Gasteiger partial charge in [-0.15, -0.1) is 0 Å². The quantitative estimate of drug-likeness (QED) is 0.735. The molecule has 3 nitrogen and oxygen atoms in total. The minimum absolute atomic E-state index is 0.239. The van der Waals surface area contributed by atoms with Gasteiger partial charge in [0.15, 0.2) is 0 Å². The van der Waals surface area contributed by atoms with E-state index < -0.39 is 0 Å². The molecule has 0 amide bonds. The van der Waals surface area contributed by atoms with Crippen molar-refractivity contribution in [1.29, 1.82) is 5.26 Å². The third-order valence-electron chi connectivity index (χ3n) is 4.24. The van der Waals surface area contributed by atoms with Gasteiger partial charge in [-0.3, -0.25) is 4.90 Å². The molecule has 2 aliphatic rings. The maximum atomic E-state index is 9.32. The van der Waals surface area contributed by atoms with Crippen LogP contribution in [0.3, 0.4) is 0 Å². The van der Waals surface area contributed by atoms with E-state index in [1.165, 1.54) is 25.7 Å². The minimum atomic E-state index is 0.239. The summed E-state index contributed by atoms with van der Waals surface area (Å²) >= 11 is 0. The van der Waals surface area contributed by atoms with Gasteiger partial charge in [0.25, 0.3) is 0 Å². The number of nitriles is 1. The second-order valence-electron chi connectivity index (χ2n) is 5.68. The molecule has 0 radical (unpaired) electrons. The molecule has 0 spiro atoms. The molecule has 0 aliphatic heterocycles. The van der Waals surface area contributed by atoms with E-state index >= 15 is 0 Å². The Morgan fingerprint density at radius 3 is 2.65 bits per heavy atom. The predicted molar refractivity (Wildman–Crippen MR) is 67.5 cm³/mol. The van der Waals surface area contributed by atoms with E-state index in [-0.39, 0.29) is 5.92 Å². The van der Waals surface area contributed by atoms with Crippen LogP contribution in [0.1, 0.15) is 39.0 Å². The lowest BCUT2D eigenvalue weighted by molar-refractivity contribution is 0.0668. The van der Waals surface area contributed by atoms with Crippen LogP contribution in [0.2, 0.25) is 0 Å². The van der Waals surface area contributed by atoms with E-state index in [0.29, 0.717) is 6.04 Å². The monoisotopic (exact) mass is 236 g/mol. The molecule has 96 valence electrons. The maximum Gasteiger partial charge on any atom is 0.0672 e. The molecule has 2 fully saturated rings. The summed E-state index contributed by atoms with van der Waals surface area (Å²) in [6.45, 7) is 4.11. The van der Waals surface area contributed by atoms with Gasteiger partial charge in [-0.25, -0.2) is 0 Å². The molecule has 2 aliphatic carbocycles. The molecule has 3 unspecified atom stereocenters. The SMILES string of the molecule is COCCN(C1CC1)C1CC(C)CCC1C#N. The Morgan fingerprint density at radius 2 is 2.06 bits per heavy atom. The fourth-order valence-corrected chi connectivity index (χ4v) is 3.09. The van der Waals surface area contributed by atoms with E-state index in [1.807, 2.05) is 0 Å². The van der Waals surface area contributed by atoms with Gasteiger partial charge >= 0.3 is 0 Å². The number of ether oxygens (including phenoxy) is 1. The molecule has 17 heavy (non-hydrogen) atoms. The minimum Gasteiger partial charge on any atom is -0.383 e. The maximum absolute atomic E-state index is 9.32. The number of rotatable bonds is 5. The normalized spacial score (nSPS) is 33.6. The van der Waals surface area contributed by atoms with Crippen LogP contribution in [0.5, 0.6) is 0 Å². The molecule has 0 aromatic heterocycles. The average Bonchev–Trinajstić information content (AvgIpc) is 3.14. The highest BCUT2D eigenvalue weighted by molar-refractivity contribution is 5.00. The van der Waals surface area contributed by atoms with Crippen LogP contribution in [-0.2, 0) is 4.74 Å². The van der Waals surface area contributed by atoms with E-state index in [0.717, 1.165) is 31.5 Å². The summed E-state index contributed by atoms with van der Waals surface area (Å²) in [5.74, 6) is 1.01. The largest absolute Gasteiger partial charge is 0.383 e. The standard InChI is InChI=1S/C14H24N2O/c1-11-3-4-12(10-15)14(9-11)16(7-8-17-2)13-5-6-13/h11-14H,3-9H2,1-2H3. The lowest BCUT2D eigenvalue weighted by Crippen LogP contribution is -2.46. The number of hydrogen-bond donors (Lipinski definition) is 0. The number of hydrogen-bond acceptors (Lipinski definition) is 3. The summed E-state index contributed by atoms with van der Waals surface area (Å²) in [4.78, 5) is 2.56. The predicted octanol–water partition coefficient (Wildman–Crippen LogP) is 2.43. The van der Waals surface area contributed by atoms with E-state index in [1.54, 1.807) is 7.11 Å². The van der Waals surface area contributed by atoms with Crippen LogP contribution in [0.4, 0.5) is 0 Å². The average molecular weight is 236 g/mol. The van der Waals surface area contributed by atoms with Crippen molar-refractivity contribution in [3.05, 3.63) is 0 Å². The van der Waals surface area contributed by atoms with Gasteiger partial charge < -0.3 is 4.74 Å². The molecule has 3 atom stereocenters. The second kappa shape index (κ2) is 5.84. The Balaban J connectivity index is 2.01. The highest BCUT2D eigenvalue weighted by Crippen LogP contribution is 2.37. The van der Waals surface area contributed by atoms with Crippen molar-refractivity contribution in [2.45, 2.75) is 51.1 Å². The van der Waals surface area contributed by atoms with E-state index in [9.17, 15) is 5.26 Å². The summed E-state index contributed by atoms with van der Waals surface area (Å²) in [5.41, 5.74) is 0. The van der Waals surface area contributed by atoms with Crippen molar-refractivity contribution >= 4 is 0 Å². The summed E-state index contributed by atoms with van der Waals surface area (Å²) in [6, 6.07) is 3.74. The smallest absolute Gasteiger partial charge is 0.0672 e. The lowest BCUT2D eigenvalue weighted by Gasteiger charge is -2.39. The highest BCUT2D eigenvalue weighted by atomic mass is 16.5. The summed E-state index contributed by atoms with van der Waals surface area (Å²) < 4.78 is 5.21. The third-order valence-corrected chi connectivity index (χ3v) is 4.24. The van der Waals surface area contributed by atoms with Crippen molar-refractivity contribution in [2.75, 3.05) is 20.3 Å². The highest BCUT2D eigenvalue weighted by Gasteiger charge is 2.39. The number of methoxy groups -OCH3 is 1. The van der Waals surface area contributed by atoms with Gasteiger partial charge in [0.2, 0.25) is 0 Å². The van der Waals surface area contributed by atoms with Crippen molar-refractivity contribution in [2.24, 2.45) is 11.8 Å².